The highest BCUT2D eigenvalue weighted by molar-refractivity contribution is 6.00. The molecule has 2 aromatic carbocycles. The molecule has 176 valence electrons. The molecule has 1 aromatic heterocycles. The van der Waals surface area contributed by atoms with Crippen molar-refractivity contribution in [2.75, 3.05) is 18.0 Å². The van der Waals surface area contributed by atoms with Crippen molar-refractivity contribution in [2.45, 2.75) is 38.8 Å². The van der Waals surface area contributed by atoms with E-state index in [4.69, 9.17) is 4.74 Å². The van der Waals surface area contributed by atoms with Crippen LogP contribution in [0, 0.1) is 10.1 Å². The average molecular weight is 461 g/mol. The number of non-ortho nitro benzene ring substituents is 1. The topological polar surface area (TPSA) is 97.6 Å². The molecule has 1 saturated heterocycles. The van der Waals surface area contributed by atoms with Crippen LogP contribution in [0.2, 0.25) is 0 Å². The molecule has 4 rings (SSSR count). The van der Waals surface area contributed by atoms with Gasteiger partial charge < -0.3 is 15.0 Å². The van der Waals surface area contributed by atoms with Crippen LogP contribution in [0.15, 0.2) is 67.0 Å². The summed E-state index contributed by atoms with van der Waals surface area (Å²) < 4.78 is 5.80. The van der Waals surface area contributed by atoms with Crippen molar-refractivity contribution in [1.82, 2.24) is 10.3 Å². The van der Waals surface area contributed by atoms with E-state index in [9.17, 15) is 14.9 Å². The highest BCUT2D eigenvalue weighted by Crippen LogP contribution is 2.29. The summed E-state index contributed by atoms with van der Waals surface area (Å²) in [6, 6.07) is 15.6. The van der Waals surface area contributed by atoms with Gasteiger partial charge in [0.15, 0.2) is 0 Å². The van der Waals surface area contributed by atoms with E-state index in [2.05, 4.69) is 15.2 Å². The predicted molar refractivity (Wildman–Crippen MR) is 130 cm³/mol. The van der Waals surface area contributed by atoms with Crippen LogP contribution in [0.5, 0.6) is 5.75 Å². The number of piperidine rings is 1. The third-order valence-corrected chi connectivity index (χ3v) is 5.99. The standard InChI is InChI=1S/C26H28N4O4/c1-19(21-7-10-23(11-8-21)34-18-20-6-5-13-27-17-20)28-26(31)24-16-22(30(32)33)9-12-25(24)29-14-3-2-4-15-29/h5-13,16-17,19H,2-4,14-15,18H2,1H3,(H,28,31). The van der Waals surface area contributed by atoms with E-state index in [1.54, 1.807) is 18.5 Å². The van der Waals surface area contributed by atoms with Crippen LogP contribution in [0.4, 0.5) is 11.4 Å². The number of nitrogens with one attached hydrogen (secondary N) is 1. The summed E-state index contributed by atoms with van der Waals surface area (Å²) in [4.78, 5) is 30.3. The summed E-state index contributed by atoms with van der Waals surface area (Å²) in [5.41, 5.74) is 2.88. The highest BCUT2D eigenvalue weighted by atomic mass is 16.6. The van der Waals surface area contributed by atoms with Crippen LogP contribution in [-0.2, 0) is 6.61 Å². The van der Waals surface area contributed by atoms with Gasteiger partial charge in [0.05, 0.1) is 22.2 Å². The molecule has 0 aliphatic carbocycles. The lowest BCUT2D eigenvalue weighted by Crippen LogP contribution is -2.33. The zero-order valence-corrected chi connectivity index (χ0v) is 19.1. The molecular weight excluding hydrogens is 432 g/mol. The summed E-state index contributed by atoms with van der Waals surface area (Å²) >= 11 is 0. The van der Waals surface area contributed by atoms with Gasteiger partial charge in [0.2, 0.25) is 0 Å². The number of ether oxygens (including phenoxy) is 1. The molecule has 1 atom stereocenters. The Kier molecular flexibility index (Phi) is 7.37. The summed E-state index contributed by atoms with van der Waals surface area (Å²) in [6.07, 6.45) is 6.73. The summed E-state index contributed by atoms with van der Waals surface area (Å²) in [6.45, 7) is 4.00. The zero-order chi connectivity index (χ0) is 23.9. The number of benzene rings is 2. The predicted octanol–water partition coefficient (Wildman–Crippen LogP) is 5.05. The van der Waals surface area contributed by atoms with Gasteiger partial charge in [-0.15, -0.1) is 0 Å². The van der Waals surface area contributed by atoms with E-state index in [1.165, 1.54) is 12.1 Å². The average Bonchev–Trinajstić information content (AvgIpc) is 2.88. The van der Waals surface area contributed by atoms with E-state index in [-0.39, 0.29) is 17.6 Å². The van der Waals surface area contributed by atoms with Gasteiger partial charge in [-0.25, -0.2) is 0 Å². The molecular formula is C26H28N4O4. The molecule has 1 N–H and O–H groups in total. The van der Waals surface area contributed by atoms with Gasteiger partial charge in [0.25, 0.3) is 11.6 Å². The molecule has 1 fully saturated rings. The zero-order valence-electron chi connectivity index (χ0n) is 19.1. The molecule has 0 spiro atoms. The second-order valence-corrected chi connectivity index (χ2v) is 8.42. The first kappa shape index (κ1) is 23.2. The van der Waals surface area contributed by atoms with Crippen molar-refractivity contribution in [3.63, 3.8) is 0 Å². The molecule has 0 saturated carbocycles. The molecule has 8 heteroatoms. The number of carbonyl (C=O) groups is 1. The van der Waals surface area contributed by atoms with Crippen LogP contribution in [0.3, 0.4) is 0 Å². The largest absolute Gasteiger partial charge is 0.489 e. The van der Waals surface area contributed by atoms with Crippen molar-refractivity contribution in [2.24, 2.45) is 0 Å². The number of hydrogen-bond donors (Lipinski definition) is 1. The molecule has 1 unspecified atom stereocenters. The summed E-state index contributed by atoms with van der Waals surface area (Å²) in [7, 11) is 0. The monoisotopic (exact) mass is 460 g/mol. The number of pyridine rings is 1. The third-order valence-electron chi connectivity index (χ3n) is 5.99. The summed E-state index contributed by atoms with van der Waals surface area (Å²) in [5.74, 6) is 0.394. The number of nitrogens with zero attached hydrogens (tertiary/aromatic N) is 3. The van der Waals surface area contributed by atoms with Gasteiger partial charge in [-0.3, -0.25) is 19.9 Å². The Hall–Kier alpha value is -3.94. The molecule has 1 aliphatic heterocycles. The van der Waals surface area contributed by atoms with E-state index in [0.717, 1.165) is 54.9 Å². The normalized spacial score (nSPS) is 14.3. The highest BCUT2D eigenvalue weighted by Gasteiger charge is 2.23. The number of nitro groups is 1. The minimum atomic E-state index is -0.468. The van der Waals surface area contributed by atoms with Crippen LogP contribution in [0.25, 0.3) is 0 Å². The smallest absolute Gasteiger partial charge is 0.270 e. The number of carbonyl (C=O) groups excluding carboxylic acids is 1. The Morgan fingerprint density at radius 2 is 1.91 bits per heavy atom. The molecule has 0 radical (unpaired) electrons. The Labute approximate surface area is 198 Å². The molecule has 1 amide bonds. The first-order valence-electron chi connectivity index (χ1n) is 11.5. The fraction of sp³-hybridized carbons (Fsp3) is 0.308. The van der Waals surface area contributed by atoms with Gasteiger partial charge >= 0.3 is 0 Å². The number of anilines is 1. The van der Waals surface area contributed by atoms with Crippen molar-refractivity contribution < 1.29 is 14.5 Å². The Morgan fingerprint density at radius 3 is 2.59 bits per heavy atom. The van der Waals surface area contributed by atoms with Crippen molar-refractivity contribution in [1.29, 1.82) is 0 Å². The van der Waals surface area contributed by atoms with Gasteiger partial charge in [0.1, 0.15) is 12.4 Å². The number of nitro benzene ring substituents is 1. The fourth-order valence-corrected chi connectivity index (χ4v) is 4.09. The van der Waals surface area contributed by atoms with Crippen LogP contribution in [-0.4, -0.2) is 28.9 Å². The van der Waals surface area contributed by atoms with Crippen molar-refractivity contribution >= 4 is 17.3 Å². The summed E-state index contributed by atoms with van der Waals surface area (Å²) in [5, 5.41) is 14.3. The molecule has 2 heterocycles. The number of amides is 1. The van der Waals surface area contributed by atoms with Gasteiger partial charge in [-0.05, 0) is 56.0 Å². The van der Waals surface area contributed by atoms with Crippen molar-refractivity contribution in [3.05, 3.63) is 93.8 Å². The van der Waals surface area contributed by atoms with E-state index >= 15 is 0 Å². The maximum absolute atomic E-state index is 13.2. The second-order valence-electron chi connectivity index (χ2n) is 8.42. The maximum Gasteiger partial charge on any atom is 0.270 e. The minimum absolute atomic E-state index is 0.0892. The molecule has 3 aromatic rings. The Balaban J connectivity index is 1.45. The van der Waals surface area contributed by atoms with Crippen LogP contribution < -0.4 is 15.0 Å². The lowest BCUT2D eigenvalue weighted by molar-refractivity contribution is -0.384. The van der Waals surface area contributed by atoms with Gasteiger partial charge in [-0.2, -0.15) is 0 Å². The Bertz CT molecular complexity index is 1130. The van der Waals surface area contributed by atoms with E-state index in [1.807, 2.05) is 43.3 Å². The van der Waals surface area contributed by atoms with Crippen molar-refractivity contribution in [3.8, 4) is 5.75 Å². The number of aromatic nitrogens is 1. The lowest BCUT2D eigenvalue weighted by atomic mass is 10.0. The van der Waals surface area contributed by atoms with E-state index < -0.39 is 4.92 Å². The first-order valence-corrected chi connectivity index (χ1v) is 11.5. The maximum atomic E-state index is 13.2. The first-order chi connectivity index (χ1) is 16.5. The van der Waals surface area contributed by atoms with E-state index in [0.29, 0.717) is 12.2 Å². The van der Waals surface area contributed by atoms with Gasteiger partial charge in [0, 0.05) is 43.2 Å². The second kappa shape index (κ2) is 10.8. The van der Waals surface area contributed by atoms with Gasteiger partial charge in [-0.1, -0.05) is 18.2 Å². The molecule has 1 aliphatic rings. The Morgan fingerprint density at radius 1 is 1.15 bits per heavy atom. The fourth-order valence-electron chi connectivity index (χ4n) is 4.09. The third kappa shape index (κ3) is 5.70. The molecule has 0 bridgehead atoms. The van der Waals surface area contributed by atoms with Crippen LogP contribution in [0.1, 0.15) is 53.7 Å². The van der Waals surface area contributed by atoms with Crippen LogP contribution >= 0.6 is 0 Å². The SMILES string of the molecule is CC(NC(=O)c1cc([N+](=O)[O-])ccc1N1CCCCC1)c1ccc(OCc2cccnc2)cc1. The number of hydrogen-bond acceptors (Lipinski definition) is 6. The quantitative estimate of drug-likeness (QED) is 0.373. The number of rotatable bonds is 8. The molecule has 34 heavy (non-hydrogen) atoms. The lowest BCUT2D eigenvalue weighted by Gasteiger charge is -2.30. The molecule has 8 nitrogen and oxygen atoms in total. The minimum Gasteiger partial charge on any atom is -0.489 e.